The first kappa shape index (κ1) is 17.6. The van der Waals surface area contributed by atoms with E-state index >= 15 is 0 Å². The lowest BCUT2D eigenvalue weighted by Crippen LogP contribution is -2.21. The van der Waals surface area contributed by atoms with Crippen LogP contribution in [-0.2, 0) is 22.1 Å². The summed E-state index contributed by atoms with van der Waals surface area (Å²) in [6.07, 6.45) is 0. The Bertz CT molecular complexity index is 984. The highest BCUT2D eigenvalue weighted by atomic mass is 35.5. The molecule has 0 aliphatic carbocycles. The molecule has 0 saturated carbocycles. The lowest BCUT2D eigenvalue weighted by molar-refractivity contribution is 0.0951. The van der Waals surface area contributed by atoms with E-state index in [0.717, 1.165) is 0 Å². The Morgan fingerprint density at radius 3 is 2.72 bits per heavy atom. The molecule has 3 rings (SSSR count). The smallest absolute Gasteiger partial charge is 0.335 e. The first-order valence-corrected chi connectivity index (χ1v) is 9.97. The number of sulfone groups is 1. The molecule has 0 radical (unpaired) electrons. The Labute approximate surface area is 152 Å². The summed E-state index contributed by atoms with van der Waals surface area (Å²) in [5.74, 6) is -0.646. The van der Waals surface area contributed by atoms with Gasteiger partial charge in [0.05, 0.1) is 17.2 Å². The molecule has 0 unspecified atom stereocenters. The van der Waals surface area contributed by atoms with Gasteiger partial charge in [-0.1, -0.05) is 41.0 Å². The Balaban J connectivity index is 1.68. The molecular weight excluding hydrogens is 386 g/mol. The maximum absolute atomic E-state index is 12.4. The van der Waals surface area contributed by atoms with Gasteiger partial charge >= 0.3 is 5.22 Å². The normalized spacial score (nSPS) is 11.4. The van der Waals surface area contributed by atoms with Gasteiger partial charge in [-0.25, -0.2) is 8.42 Å². The summed E-state index contributed by atoms with van der Waals surface area (Å²) in [5, 5.41) is 11.4. The van der Waals surface area contributed by atoms with Crippen LogP contribution in [0.4, 0.5) is 0 Å². The van der Waals surface area contributed by atoms with E-state index in [1.165, 1.54) is 11.3 Å². The molecule has 0 aliphatic heterocycles. The van der Waals surface area contributed by atoms with Gasteiger partial charge in [0.1, 0.15) is 0 Å². The highest BCUT2D eigenvalue weighted by Crippen LogP contribution is 2.21. The molecule has 0 bridgehead atoms. The number of aromatic nitrogens is 2. The number of nitrogens with zero attached hydrogens (tertiary/aromatic N) is 2. The molecule has 1 aromatic carbocycles. The van der Waals surface area contributed by atoms with Crippen molar-refractivity contribution in [2.75, 3.05) is 0 Å². The SMILES string of the molecule is O=C(NCc1nnc(S(=O)(=O)Cc2ccccc2Cl)o1)c1cccs1. The lowest BCUT2D eigenvalue weighted by Gasteiger charge is -2.02. The molecule has 0 atom stereocenters. The van der Waals surface area contributed by atoms with Crippen LogP contribution < -0.4 is 5.32 Å². The van der Waals surface area contributed by atoms with Crippen LogP contribution in [0.3, 0.4) is 0 Å². The molecule has 130 valence electrons. The fourth-order valence-electron chi connectivity index (χ4n) is 1.97. The van der Waals surface area contributed by atoms with E-state index in [-0.39, 0.29) is 24.1 Å². The predicted molar refractivity (Wildman–Crippen MR) is 92.1 cm³/mol. The first-order chi connectivity index (χ1) is 12.0. The van der Waals surface area contributed by atoms with Crippen LogP contribution in [0.2, 0.25) is 5.02 Å². The molecule has 1 N–H and O–H groups in total. The van der Waals surface area contributed by atoms with Gasteiger partial charge in [0.25, 0.3) is 5.91 Å². The van der Waals surface area contributed by atoms with E-state index in [1.807, 2.05) is 0 Å². The van der Waals surface area contributed by atoms with E-state index in [2.05, 4.69) is 15.5 Å². The third kappa shape index (κ3) is 4.25. The highest BCUT2D eigenvalue weighted by molar-refractivity contribution is 7.90. The minimum Gasteiger partial charge on any atom is -0.411 e. The Kier molecular flexibility index (Phi) is 5.16. The number of rotatable bonds is 6. The van der Waals surface area contributed by atoms with Crippen molar-refractivity contribution in [3.8, 4) is 0 Å². The van der Waals surface area contributed by atoms with E-state index < -0.39 is 15.1 Å². The summed E-state index contributed by atoms with van der Waals surface area (Å²) in [5.41, 5.74) is 0.440. The van der Waals surface area contributed by atoms with E-state index in [4.69, 9.17) is 16.0 Å². The van der Waals surface area contributed by atoms with Crippen molar-refractivity contribution in [3.05, 3.63) is 63.1 Å². The average molecular weight is 398 g/mol. The summed E-state index contributed by atoms with van der Waals surface area (Å²) < 4.78 is 29.9. The highest BCUT2D eigenvalue weighted by Gasteiger charge is 2.24. The fourth-order valence-corrected chi connectivity index (χ4v) is 4.06. The number of carbonyl (C=O) groups excluding carboxylic acids is 1. The molecule has 7 nitrogen and oxygen atoms in total. The van der Waals surface area contributed by atoms with Gasteiger partial charge in [0.2, 0.25) is 15.7 Å². The standard InChI is InChI=1S/C15H12ClN3O4S2/c16-11-5-2-1-4-10(11)9-25(21,22)15-19-18-13(23-15)8-17-14(20)12-6-3-7-24-12/h1-7H,8-9H2,(H,17,20). The van der Waals surface area contributed by atoms with Crippen molar-refractivity contribution in [3.63, 3.8) is 0 Å². The van der Waals surface area contributed by atoms with Gasteiger partial charge in [-0.05, 0) is 23.1 Å². The zero-order valence-corrected chi connectivity index (χ0v) is 15.1. The van der Waals surface area contributed by atoms with Crippen molar-refractivity contribution < 1.29 is 17.6 Å². The van der Waals surface area contributed by atoms with Crippen LogP contribution in [0.25, 0.3) is 0 Å². The van der Waals surface area contributed by atoms with Crippen LogP contribution in [0, 0.1) is 0 Å². The molecule has 0 aliphatic rings. The van der Waals surface area contributed by atoms with Crippen LogP contribution in [0.1, 0.15) is 21.1 Å². The van der Waals surface area contributed by atoms with E-state index in [0.29, 0.717) is 15.5 Å². The number of hydrogen-bond donors (Lipinski definition) is 1. The number of halogens is 1. The molecule has 1 amide bonds. The van der Waals surface area contributed by atoms with Crippen LogP contribution >= 0.6 is 22.9 Å². The van der Waals surface area contributed by atoms with Gasteiger partial charge in [-0.15, -0.1) is 16.4 Å². The predicted octanol–water partition coefficient (Wildman–Crippen LogP) is 2.69. The Hall–Kier alpha value is -2.23. The summed E-state index contributed by atoms with van der Waals surface area (Å²) in [4.78, 5) is 12.4. The van der Waals surface area contributed by atoms with Crippen molar-refractivity contribution >= 4 is 38.7 Å². The van der Waals surface area contributed by atoms with Gasteiger partial charge in [0.15, 0.2) is 0 Å². The monoisotopic (exact) mass is 397 g/mol. The zero-order valence-electron chi connectivity index (χ0n) is 12.7. The second-order valence-corrected chi connectivity index (χ2v) is 8.19. The topological polar surface area (TPSA) is 102 Å². The quantitative estimate of drug-likeness (QED) is 0.686. The van der Waals surface area contributed by atoms with E-state index in [1.54, 1.807) is 41.8 Å². The Morgan fingerprint density at radius 1 is 1.20 bits per heavy atom. The fraction of sp³-hybridized carbons (Fsp3) is 0.133. The lowest BCUT2D eigenvalue weighted by atomic mass is 10.2. The van der Waals surface area contributed by atoms with Crippen LogP contribution in [0.15, 0.2) is 51.4 Å². The molecule has 25 heavy (non-hydrogen) atoms. The van der Waals surface area contributed by atoms with Gasteiger partial charge in [0, 0.05) is 5.02 Å². The molecule has 3 aromatic rings. The van der Waals surface area contributed by atoms with Crippen molar-refractivity contribution in [2.45, 2.75) is 17.5 Å². The largest absolute Gasteiger partial charge is 0.411 e. The average Bonchev–Trinajstić information content (AvgIpc) is 3.26. The number of carbonyl (C=O) groups is 1. The van der Waals surface area contributed by atoms with Crippen LogP contribution in [-0.4, -0.2) is 24.5 Å². The number of benzene rings is 1. The van der Waals surface area contributed by atoms with Gasteiger partial charge in [-0.3, -0.25) is 4.79 Å². The number of hydrogen-bond acceptors (Lipinski definition) is 7. The second kappa shape index (κ2) is 7.34. The number of amides is 1. The Morgan fingerprint density at radius 2 is 2.00 bits per heavy atom. The summed E-state index contributed by atoms with van der Waals surface area (Å²) in [6, 6.07) is 10.0. The maximum Gasteiger partial charge on any atom is 0.335 e. The number of nitrogens with one attached hydrogen (secondary N) is 1. The molecule has 10 heteroatoms. The summed E-state index contributed by atoms with van der Waals surface area (Å²) in [7, 11) is -3.83. The van der Waals surface area contributed by atoms with Crippen molar-refractivity contribution in [1.29, 1.82) is 0 Å². The summed E-state index contributed by atoms with van der Waals surface area (Å²) >= 11 is 7.27. The van der Waals surface area contributed by atoms with E-state index in [9.17, 15) is 13.2 Å². The minimum absolute atomic E-state index is 0.00244. The molecular formula is C15H12ClN3O4S2. The molecule has 2 heterocycles. The molecule has 0 spiro atoms. The third-order valence-corrected chi connectivity index (χ3v) is 5.79. The molecule has 0 saturated heterocycles. The zero-order chi connectivity index (χ0) is 17.9. The van der Waals surface area contributed by atoms with Gasteiger partial charge in [-0.2, -0.15) is 0 Å². The minimum atomic E-state index is -3.83. The van der Waals surface area contributed by atoms with Crippen molar-refractivity contribution in [2.24, 2.45) is 0 Å². The second-order valence-electron chi connectivity index (χ2n) is 4.97. The first-order valence-electron chi connectivity index (χ1n) is 7.06. The third-order valence-electron chi connectivity index (χ3n) is 3.16. The van der Waals surface area contributed by atoms with Crippen molar-refractivity contribution in [1.82, 2.24) is 15.5 Å². The molecule has 2 aromatic heterocycles. The molecule has 0 fully saturated rings. The number of thiophene rings is 1. The maximum atomic E-state index is 12.4. The summed E-state index contributed by atoms with van der Waals surface area (Å²) in [6.45, 7) is -0.0641. The van der Waals surface area contributed by atoms with Crippen LogP contribution in [0.5, 0.6) is 0 Å². The van der Waals surface area contributed by atoms with Gasteiger partial charge < -0.3 is 9.73 Å².